The number of hydrogen-bond acceptors (Lipinski definition) is 6. The van der Waals surface area contributed by atoms with Crippen molar-refractivity contribution in [2.75, 3.05) is 16.9 Å². The number of para-hydroxylation sites is 1. The number of amides is 2. The summed E-state index contributed by atoms with van der Waals surface area (Å²) in [6.45, 7) is 0. The third kappa shape index (κ3) is 2.72. The lowest BCUT2D eigenvalue weighted by Gasteiger charge is -2.36. The van der Waals surface area contributed by atoms with Crippen LogP contribution >= 0.6 is 0 Å². The van der Waals surface area contributed by atoms with Gasteiger partial charge in [0.2, 0.25) is 17.6 Å². The van der Waals surface area contributed by atoms with Gasteiger partial charge in [0, 0.05) is 5.69 Å². The zero-order valence-electron chi connectivity index (χ0n) is 17.8. The van der Waals surface area contributed by atoms with Crippen molar-refractivity contribution in [2.45, 2.75) is 12.1 Å². The molecule has 2 aromatic carbocycles. The average molecular weight is 440 g/mol. The third-order valence-electron chi connectivity index (χ3n) is 6.78. The summed E-state index contributed by atoms with van der Waals surface area (Å²) in [4.78, 5) is 44.2. The van der Waals surface area contributed by atoms with Crippen LogP contribution in [0.3, 0.4) is 0 Å². The second-order valence-electron chi connectivity index (χ2n) is 8.36. The maximum absolute atomic E-state index is 13.7. The van der Waals surface area contributed by atoms with E-state index in [9.17, 15) is 14.4 Å². The van der Waals surface area contributed by atoms with Gasteiger partial charge < -0.3 is 14.1 Å². The average Bonchev–Trinajstić information content (AvgIpc) is 3.55. The molecule has 4 atom stereocenters. The molecule has 0 radical (unpaired) electrons. The van der Waals surface area contributed by atoms with Crippen molar-refractivity contribution in [1.29, 1.82) is 0 Å². The molecule has 1 aromatic heterocycles. The summed E-state index contributed by atoms with van der Waals surface area (Å²) in [7, 11) is 1.55. The highest BCUT2D eigenvalue weighted by molar-refractivity contribution is 6.25. The van der Waals surface area contributed by atoms with Crippen LogP contribution in [0.15, 0.2) is 77.4 Å². The van der Waals surface area contributed by atoms with E-state index in [0.717, 1.165) is 11.3 Å². The van der Waals surface area contributed by atoms with Crippen LogP contribution < -0.4 is 14.5 Å². The van der Waals surface area contributed by atoms with Crippen molar-refractivity contribution in [3.8, 4) is 5.75 Å². The molecule has 7 nitrogen and oxygen atoms in total. The number of imide groups is 1. The van der Waals surface area contributed by atoms with Gasteiger partial charge in [-0.1, -0.05) is 30.4 Å². The molecule has 6 rings (SSSR count). The van der Waals surface area contributed by atoms with Gasteiger partial charge in [-0.25, -0.2) is 4.90 Å². The second kappa shape index (κ2) is 7.20. The van der Waals surface area contributed by atoms with Gasteiger partial charge in [0.25, 0.3) is 0 Å². The molecular formula is C26H20N2O5. The highest BCUT2D eigenvalue weighted by atomic mass is 16.5. The first-order valence-corrected chi connectivity index (χ1v) is 10.8. The number of Topliss-reactive ketones (excluding diaryl/α,β-unsaturated/α-hetero) is 1. The van der Waals surface area contributed by atoms with Crippen molar-refractivity contribution in [3.05, 3.63) is 84.3 Å². The molecular weight excluding hydrogens is 420 g/mol. The molecule has 0 N–H and O–H groups in total. The molecule has 33 heavy (non-hydrogen) atoms. The minimum Gasteiger partial charge on any atom is -0.497 e. The number of nitrogens with zero attached hydrogens (tertiary/aromatic N) is 2. The molecule has 2 saturated heterocycles. The van der Waals surface area contributed by atoms with E-state index in [1.165, 1.54) is 11.2 Å². The maximum Gasteiger partial charge on any atom is 0.240 e. The summed E-state index contributed by atoms with van der Waals surface area (Å²) >= 11 is 0. The van der Waals surface area contributed by atoms with Crippen LogP contribution in [-0.2, 0) is 9.59 Å². The molecule has 2 fully saturated rings. The smallest absolute Gasteiger partial charge is 0.240 e. The minimum atomic E-state index is -0.850. The highest BCUT2D eigenvalue weighted by Crippen LogP contribution is 2.49. The van der Waals surface area contributed by atoms with Gasteiger partial charge in [-0.05, 0) is 48.0 Å². The molecule has 3 aliphatic heterocycles. The molecule has 3 aromatic rings. The van der Waals surface area contributed by atoms with Crippen molar-refractivity contribution in [2.24, 2.45) is 11.8 Å². The third-order valence-corrected chi connectivity index (χ3v) is 6.78. The van der Waals surface area contributed by atoms with E-state index < -0.39 is 23.9 Å². The van der Waals surface area contributed by atoms with Crippen LogP contribution in [0.2, 0.25) is 0 Å². The van der Waals surface area contributed by atoms with E-state index in [0.29, 0.717) is 11.4 Å². The lowest BCUT2D eigenvalue weighted by molar-refractivity contribution is -0.122. The fourth-order valence-electron chi connectivity index (χ4n) is 5.36. The number of ketones is 1. The largest absolute Gasteiger partial charge is 0.497 e. The number of furan rings is 1. The van der Waals surface area contributed by atoms with E-state index >= 15 is 0 Å². The van der Waals surface area contributed by atoms with Crippen LogP contribution in [0, 0.1) is 11.8 Å². The normalized spacial score (nSPS) is 25.1. The Hall–Kier alpha value is -4.13. The van der Waals surface area contributed by atoms with E-state index in [-0.39, 0.29) is 23.4 Å². The fraction of sp³-hybridized carbons (Fsp3) is 0.192. The first kappa shape index (κ1) is 19.5. The topological polar surface area (TPSA) is 80.1 Å². The number of hydrogen-bond donors (Lipinski definition) is 0. The summed E-state index contributed by atoms with van der Waals surface area (Å²) in [6.07, 6.45) is 5.33. The van der Waals surface area contributed by atoms with Gasteiger partial charge in [0.15, 0.2) is 5.76 Å². The van der Waals surface area contributed by atoms with E-state index in [2.05, 4.69) is 0 Å². The Morgan fingerprint density at radius 1 is 0.939 bits per heavy atom. The van der Waals surface area contributed by atoms with Crippen molar-refractivity contribution in [1.82, 2.24) is 0 Å². The van der Waals surface area contributed by atoms with Gasteiger partial charge in [-0.15, -0.1) is 0 Å². The molecule has 3 aliphatic rings. The van der Waals surface area contributed by atoms with Crippen molar-refractivity contribution >= 4 is 35.0 Å². The number of ether oxygens (including phenoxy) is 1. The van der Waals surface area contributed by atoms with Crippen molar-refractivity contribution in [3.63, 3.8) is 0 Å². The Bertz CT molecular complexity index is 1290. The zero-order chi connectivity index (χ0) is 22.7. The predicted molar refractivity (Wildman–Crippen MR) is 121 cm³/mol. The second-order valence-corrected chi connectivity index (χ2v) is 8.36. The molecule has 4 heterocycles. The maximum atomic E-state index is 13.7. The molecule has 164 valence electrons. The Kier molecular flexibility index (Phi) is 4.26. The summed E-state index contributed by atoms with van der Waals surface area (Å²) in [5, 5.41) is 0. The number of carbonyl (C=O) groups is 3. The zero-order valence-corrected chi connectivity index (χ0v) is 17.8. The first-order valence-electron chi connectivity index (χ1n) is 10.8. The lowest BCUT2D eigenvalue weighted by Crippen LogP contribution is -2.48. The summed E-state index contributed by atoms with van der Waals surface area (Å²) in [5.41, 5.74) is 2.25. The van der Waals surface area contributed by atoms with Gasteiger partial charge in [0.1, 0.15) is 11.8 Å². The monoisotopic (exact) mass is 440 g/mol. The molecule has 7 heteroatoms. The van der Waals surface area contributed by atoms with Gasteiger partial charge >= 0.3 is 0 Å². The van der Waals surface area contributed by atoms with Crippen LogP contribution in [-0.4, -0.2) is 36.8 Å². The number of fused-ring (bicyclic) bond motifs is 5. The molecule has 0 spiro atoms. The SMILES string of the molecule is COc1ccc(N2C(=O)[C@@H]3[C@H](C2=O)[C@H]2C=Cc4ccccc4N2[C@@H]3C(=O)c2ccco2)cc1. The van der Waals surface area contributed by atoms with Gasteiger partial charge in [-0.2, -0.15) is 0 Å². The van der Waals surface area contributed by atoms with Crippen LogP contribution in [0.25, 0.3) is 6.08 Å². The number of benzene rings is 2. The van der Waals surface area contributed by atoms with E-state index in [4.69, 9.17) is 9.15 Å². The van der Waals surface area contributed by atoms with Gasteiger partial charge in [-0.3, -0.25) is 14.4 Å². The Labute approximate surface area is 189 Å². The Balaban J connectivity index is 1.47. The van der Waals surface area contributed by atoms with Crippen molar-refractivity contribution < 1.29 is 23.5 Å². The van der Waals surface area contributed by atoms with Crippen LogP contribution in [0.5, 0.6) is 5.75 Å². The fourth-order valence-corrected chi connectivity index (χ4v) is 5.36. The minimum absolute atomic E-state index is 0.176. The first-order chi connectivity index (χ1) is 16.1. The summed E-state index contributed by atoms with van der Waals surface area (Å²) in [6, 6.07) is 16.5. The Morgan fingerprint density at radius 3 is 2.42 bits per heavy atom. The van der Waals surface area contributed by atoms with Crippen LogP contribution in [0.1, 0.15) is 16.1 Å². The van der Waals surface area contributed by atoms with Gasteiger partial charge in [0.05, 0.1) is 36.9 Å². The highest BCUT2D eigenvalue weighted by Gasteiger charge is 2.64. The Morgan fingerprint density at radius 2 is 1.70 bits per heavy atom. The van der Waals surface area contributed by atoms with Crippen LogP contribution in [0.4, 0.5) is 11.4 Å². The molecule has 0 saturated carbocycles. The molecule has 0 unspecified atom stereocenters. The predicted octanol–water partition coefficient (Wildman–Crippen LogP) is 3.56. The van der Waals surface area contributed by atoms with E-state index in [1.54, 1.807) is 43.5 Å². The lowest BCUT2D eigenvalue weighted by atomic mass is 9.87. The number of rotatable bonds is 4. The summed E-state index contributed by atoms with van der Waals surface area (Å²) < 4.78 is 10.6. The molecule has 2 amide bonds. The standard InChI is InChI=1S/C26H20N2O5/c1-32-17-11-9-16(10-12-17)27-25(30)21-19-13-8-15-5-2-3-6-18(15)28(19)23(22(21)26(27)31)24(29)20-7-4-14-33-20/h2-14,19,21-23H,1H3/t19-,21-,22-,23+/m1/s1. The van der Waals surface area contributed by atoms with E-state index in [1.807, 2.05) is 41.3 Å². The molecule has 0 bridgehead atoms. The number of carbonyl (C=O) groups excluding carboxylic acids is 3. The number of methoxy groups -OCH3 is 1. The summed E-state index contributed by atoms with van der Waals surface area (Å²) in [5.74, 6) is -1.67. The number of anilines is 2. The quantitative estimate of drug-likeness (QED) is 0.456. The molecule has 0 aliphatic carbocycles.